The van der Waals surface area contributed by atoms with Gasteiger partial charge in [0.15, 0.2) is 5.82 Å². The van der Waals surface area contributed by atoms with Crippen LogP contribution in [0, 0.1) is 0 Å². The number of halogens is 3. The van der Waals surface area contributed by atoms with Crippen molar-refractivity contribution in [3.8, 4) is 5.88 Å². The molecule has 2 aromatic heterocycles. The summed E-state index contributed by atoms with van der Waals surface area (Å²) >= 11 is 1.20. The predicted octanol–water partition coefficient (Wildman–Crippen LogP) is 3.94. The first kappa shape index (κ1) is 23.3. The summed E-state index contributed by atoms with van der Waals surface area (Å²) in [4.78, 5) is 20.9. The highest BCUT2D eigenvalue weighted by molar-refractivity contribution is 7.17. The summed E-state index contributed by atoms with van der Waals surface area (Å²) < 4.78 is 46.7. The van der Waals surface area contributed by atoms with Crippen LogP contribution in [0.3, 0.4) is 0 Å². The van der Waals surface area contributed by atoms with Crippen LogP contribution in [0.15, 0.2) is 24.3 Å². The number of alkyl halides is 3. The van der Waals surface area contributed by atoms with Crippen molar-refractivity contribution in [2.75, 3.05) is 32.8 Å². The van der Waals surface area contributed by atoms with Gasteiger partial charge < -0.3 is 14.7 Å². The van der Waals surface area contributed by atoms with Gasteiger partial charge >= 0.3 is 12.3 Å². The Morgan fingerprint density at radius 3 is 2.58 bits per heavy atom. The number of hydrogen-bond acceptors (Lipinski definition) is 7. The first-order valence-corrected chi connectivity index (χ1v) is 11.4. The minimum absolute atomic E-state index is 0.141. The SMILES string of the molecule is CCOC(=O)N1CCN(C(c2cccc(C(F)(F)F)c2)c2sc3nc(CC)nn3c2O)CC1. The van der Waals surface area contributed by atoms with Gasteiger partial charge in [-0.3, -0.25) is 4.90 Å². The Hall–Kier alpha value is -2.86. The van der Waals surface area contributed by atoms with Crippen LogP contribution >= 0.6 is 11.3 Å². The zero-order valence-electron chi connectivity index (χ0n) is 18.2. The zero-order valence-corrected chi connectivity index (χ0v) is 19.0. The van der Waals surface area contributed by atoms with E-state index in [9.17, 15) is 23.1 Å². The summed E-state index contributed by atoms with van der Waals surface area (Å²) in [5.74, 6) is 0.430. The van der Waals surface area contributed by atoms with Gasteiger partial charge in [0.05, 0.1) is 23.1 Å². The van der Waals surface area contributed by atoms with Crippen LogP contribution in [-0.4, -0.2) is 68.4 Å². The molecule has 1 amide bonds. The first-order chi connectivity index (χ1) is 15.7. The third-order valence-electron chi connectivity index (χ3n) is 5.54. The molecule has 0 aliphatic carbocycles. The third kappa shape index (κ3) is 4.62. The van der Waals surface area contributed by atoms with E-state index in [1.54, 1.807) is 17.9 Å². The standard InChI is InChI=1S/C21H24F3N5O3S/c1-3-15-25-19-29(26-15)18(30)17(33-19)16(13-6-5-7-14(12-13)21(22,23)24)27-8-10-28(11-9-27)20(31)32-4-2/h5-7,12,16,30H,3-4,8-11H2,1-2H3. The van der Waals surface area contributed by atoms with Crippen LogP contribution in [0.25, 0.3) is 4.96 Å². The highest BCUT2D eigenvalue weighted by Crippen LogP contribution is 2.41. The predicted molar refractivity (Wildman–Crippen MR) is 115 cm³/mol. The second-order valence-corrected chi connectivity index (χ2v) is 8.62. The molecule has 1 saturated heterocycles. The number of aromatic nitrogens is 3. The molecule has 0 spiro atoms. The third-order valence-corrected chi connectivity index (χ3v) is 6.62. The van der Waals surface area contributed by atoms with Crippen molar-refractivity contribution in [3.05, 3.63) is 46.1 Å². The van der Waals surface area contributed by atoms with Gasteiger partial charge in [-0.1, -0.05) is 30.4 Å². The topological polar surface area (TPSA) is 83.2 Å². The Balaban J connectivity index is 1.72. The highest BCUT2D eigenvalue weighted by atomic mass is 32.1. The molecular formula is C21H24F3N5O3S. The van der Waals surface area contributed by atoms with Gasteiger partial charge in [0.1, 0.15) is 0 Å². The maximum atomic E-state index is 13.4. The van der Waals surface area contributed by atoms with E-state index in [0.717, 1.165) is 12.1 Å². The Kier molecular flexibility index (Phi) is 6.48. The number of piperazine rings is 1. The minimum atomic E-state index is -4.49. The summed E-state index contributed by atoms with van der Waals surface area (Å²) in [5, 5.41) is 15.2. The molecule has 8 nitrogen and oxygen atoms in total. The summed E-state index contributed by atoms with van der Waals surface area (Å²) in [6.07, 6.45) is -4.32. The Labute approximate surface area is 192 Å². The summed E-state index contributed by atoms with van der Waals surface area (Å²) in [7, 11) is 0. The molecule has 0 radical (unpaired) electrons. The lowest BCUT2D eigenvalue weighted by atomic mass is 10.00. The number of rotatable bonds is 5. The van der Waals surface area contributed by atoms with Gasteiger partial charge in [0.2, 0.25) is 10.8 Å². The molecule has 4 rings (SSSR count). The number of fused-ring (bicyclic) bond motifs is 1. The van der Waals surface area contributed by atoms with Crippen molar-refractivity contribution in [2.45, 2.75) is 32.5 Å². The molecule has 1 aliphatic rings. The number of carbonyl (C=O) groups is 1. The van der Waals surface area contributed by atoms with Crippen LogP contribution in [0.1, 0.15) is 41.7 Å². The fraction of sp³-hybridized carbons (Fsp3) is 0.476. The van der Waals surface area contributed by atoms with Gasteiger partial charge in [-0.15, -0.1) is 5.10 Å². The fourth-order valence-corrected chi connectivity index (χ4v) is 5.05. The normalized spacial score (nSPS) is 16.3. The number of aryl methyl sites for hydroxylation is 1. The molecule has 0 bridgehead atoms. The summed E-state index contributed by atoms with van der Waals surface area (Å²) in [6, 6.07) is 4.45. The second kappa shape index (κ2) is 9.18. The number of benzene rings is 1. The largest absolute Gasteiger partial charge is 0.492 e. The molecular weight excluding hydrogens is 459 g/mol. The van der Waals surface area contributed by atoms with Crippen LogP contribution in [-0.2, 0) is 17.3 Å². The van der Waals surface area contributed by atoms with E-state index in [1.807, 2.05) is 11.8 Å². The van der Waals surface area contributed by atoms with Crippen molar-refractivity contribution < 1.29 is 27.8 Å². The smallest absolute Gasteiger partial charge is 0.416 e. The molecule has 1 aliphatic heterocycles. The number of thiazole rings is 1. The average molecular weight is 484 g/mol. The van der Waals surface area contributed by atoms with Gasteiger partial charge in [-0.2, -0.15) is 17.7 Å². The highest BCUT2D eigenvalue weighted by Gasteiger charge is 2.35. The summed E-state index contributed by atoms with van der Waals surface area (Å²) in [5.41, 5.74) is -0.368. The Morgan fingerprint density at radius 2 is 1.97 bits per heavy atom. The number of ether oxygens (including phenoxy) is 1. The molecule has 178 valence electrons. The van der Waals surface area contributed by atoms with Gasteiger partial charge in [0.25, 0.3) is 0 Å². The maximum absolute atomic E-state index is 13.4. The lowest BCUT2D eigenvalue weighted by Gasteiger charge is -2.38. The Bertz CT molecular complexity index is 1140. The fourth-order valence-electron chi connectivity index (χ4n) is 3.91. The lowest BCUT2D eigenvalue weighted by molar-refractivity contribution is -0.137. The molecule has 1 atom stereocenters. The van der Waals surface area contributed by atoms with E-state index in [1.165, 1.54) is 21.9 Å². The van der Waals surface area contributed by atoms with Gasteiger partial charge in [0, 0.05) is 32.6 Å². The van der Waals surface area contributed by atoms with E-state index in [-0.39, 0.29) is 12.5 Å². The summed E-state index contributed by atoms with van der Waals surface area (Å²) in [6.45, 7) is 5.39. The number of amides is 1. The van der Waals surface area contributed by atoms with Crippen molar-refractivity contribution in [2.24, 2.45) is 0 Å². The molecule has 3 heterocycles. The van der Waals surface area contributed by atoms with Crippen molar-refractivity contribution in [1.29, 1.82) is 0 Å². The molecule has 33 heavy (non-hydrogen) atoms. The molecule has 12 heteroatoms. The van der Waals surface area contributed by atoms with E-state index >= 15 is 0 Å². The van der Waals surface area contributed by atoms with Gasteiger partial charge in [-0.25, -0.2) is 9.78 Å². The van der Waals surface area contributed by atoms with E-state index in [4.69, 9.17) is 4.74 Å². The van der Waals surface area contributed by atoms with Crippen molar-refractivity contribution in [1.82, 2.24) is 24.4 Å². The first-order valence-electron chi connectivity index (χ1n) is 10.6. The minimum Gasteiger partial charge on any atom is -0.492 e. The molecule has 1 fully saturated rings. The second-order valence-electron chi connectivity index (χ2n) is 7.61. The van der Waals surface area contributed by atoms with Crippen LogP contribution in [0.2, 0.25) is 0 Å². The van der Waals surface area contributed by atoms with Crippen LogP contribution in [0.4, 0.5) is 18.0 Å². The lowest BCUT2D eigenvalue weighted by Crippen LogP contribution is -2.50. The van der Waals surface area contributed by atoms with E-state index in [2.05, 4.69) is 10.1 Å². The van der Waals surface area contributed by atoms with Crippen molar-refractivity contribution >= 4 is 22.4 Å². The number of aromatic hydroxyl groups is 1. The quantitative estimate of drug-likeness (QED) is 0.592. The van der Waals surface area contributed by atoms with E-state index < -0.39 is 23.9 Å². The van der Waals surface area contributed by atoms with Crippen LogP contribution in [0.5, 0.6) is 5.88 Å². The number of carbonyl (C=O) groups excluding carboxylic acids is 1. The van der Waals surface area contributed by atoms with Gasteiger partial charge in [-0.05, 0) is 24.6 Å². The average Bonchev–Trinajstić information content (AvgIpc) is 3.33. The van der Waals surface area contributed by atoms with Crippen LogP contribution < -0.4 is 0 Å². The maximum Gasteiger partial charge on any atom is 0.416 e. The van der Waals surface area contributed by atoms with E-state index in [0.29, 0.717) is 53.8 Å². The zero-order chi connectivity index (χ0) is 23.8. The number of hydrogen-bond donors (Lipinski definition) is 1. The molecule has 1 N–H and O–H groups in total. The molecule has 3 aromatic rings. The molecule has 1 aromatic carbocycles. The Morgan fingerprint density at radius 1 is 1.24 bits per heavy atom. The van der Waals surface area contributed by atoms with Crippen molar-refractivity contribution in [3.63, 3.8) is 0 Å². The molecule has 1 unspecified atom stereocenters. The monoisotopic (exact) mass is 483 g/mol. The molecule has 0 saturated carbocycles. The number of nitrogens with zero attached hydrogens (tertiary/aromatic N) is 5.